The molecule has 0 fully saturated rings. The van der Waals surface area contributed by atoms with Crippen LogP contribution in [0.1, 0.15) is 45.7 Å². The molecule has 1 amide bonds. The molecule has 10 heteroatoms. The van der Waals surface area contributed by atoms with Gasteiger partial charge in [0.2, 0.25) is 0 Å². The summed E-state index contributed by atoms with van der Waals surface area (Å²) in [4.78, 5) is 13.9. The summed E-state index contributed by atoms with van der Waals surface area (Å²) in [6, 6.07) is 3.86. The number of amides is 1. The summed E-state index contributed by atoms with van der Waals surface area (Å²) in [6.07, 6.45) is -0.499. The Morgan fingerprint density at radius 3 is 2.30 bits per heavy atom. The second-order valence-corrected chi connectivity index (χ2v) is 9.56. The maximum atomic E-state index is 12.5. The van der Waals surface area contributed by atoms with Crippen molar-refractivity contribution in [2.45, 2.75) is 57.7 Å². The average Bonchev–Trinajstić information content (AvgIpc) is 2.43. The normalized spacial score (nSPS) is 17.3. The van der Waals surface area contributed by atoms with Gasteiger partial charge in [0, 0.05) is 18.5 Å². The van der Waals surface area contributed by atoms with Gasteiger partial charge in [-0.3, -0.25) is 0 Å². The van der Waals surface area contributed by atoms with E-state index < -0.39 is 38.5 Å². The van der Waals surface area contributed by atoms with E-state index in [4.69, 9.17) is 4.74 Å². The molecule has 2 rings (SSSR count). The number of rotatable bonds is 2. The summed E-state index contributed by atoms with van der Waals surface area (Å²) in [5, 5.41) is 0. The molecule has 0 aromatic heterocycles. The third-order valence-corrected chi connectivity index (χ3v) is 4.88. The molecule has 0 N–H and O–H groups in total. The molecule has 0 atom stereocenters. The van der Waals surface area contributed by atoms with Gasteiger partial charge >= 0.3 is 21.7 Å². The lowest BCUT2D eigenvalue weighted by Gasteiger charge is -2.40. The molecule has 0 saturated heterocycles. The zero-order valence-electron chi connectivity index (χ0n) is 15.7. The van der Waals surface area contributed by atoms with E-state index in [9.17, 15) is 26.4 Å². The van der Waals surface area contributed by atoms with E-state index in [0.717, 1.165) is 6.07 Å². The van der Waals surface area contributed by atoms with Gasteiger partial charge in [-0.2, -0.15) is 21.6 Å². The van der Waals surface area contributed by atoms with Gasteiger partial charge < -0.3 is 13.8 Å². The first kappa shape index (κ1) is 21.3. The molecule has 27 heavy (non-hydrogen) atoms. The molecule has 1 aliphatic rings. The SMILES string of the molecule is CC(C)(C)OC(=O)N1Cc2ccc(OS(=O)(=O)C(F)(F)F)cc2C(C)(C)C1. The molecular formula is C17H22F3NO5S. The number of carbonyl (C=O) groups is 1. The van der Waals surface area contributed by atoms with E-state index in [-0.39, 0.29) is 13.1 Å². The van der Waals surface area contributed by atoms with Gasteiger partial charge in [-0.25, -0.2) is 4.79 Å². The number of nitrogens with zero attached hydrogens (tertiary/aromatic N) is 1. The van der Waals surface area contributed by atoms with Crippen molar-refractivity contribution < 1.29 is 35.3 Å². The number of hydrogen-bond donors (Lipinski definition) is 0. The lowest BCUT2D eigenvalue weighted by Crippen LogP contribution is -2.46. The Bertz CT molecular complexity index is 841. The Hall–Kier alpha value is -1.97. The predicted octanol–water partition coefficient (Wildman–Crippen LogP) is 3.94. The lowest BCUT2D eigenvalue weighted by molar-refractivity contribution is -0.0500. The summed E-state index contributed by atoms with van der Waals surface area (Å²) < 4.78 is 69.5. The minimum absolute atomic E-state index is 0.194. The van der Waals surface area contributed by atoms with Gasteiger partial charge in [-0.1, -0.05) is 19.9 Å². The summed E-state index contributed by atoms with van der Waals surface area (Å²) in [6.45, 7) is 9.29. The van der Waals surface area contributed by atoms with Crippen LogP contribution < -0.4 is 4.18 Å². The lowest BCUT2D eigenvalue weighted by atomic mass is 9.78. The quantitative estimate of drug-likeness (QED) is 0.546. The van der Waals surface area contributed by atoms with Crippen LogP contribution in [-0.2, 0) is 26.8 Å². The van der Waals surface area contributed by atoms with Crippen LogP contribution in [0.4, 0.5) is 18.0 Å². The molecule has 1 heterocycles. The fraction of sp³-hybridized carbons (Fsp3) is 0.588. The first-order valence-corrected chi connectivity index (χ1v) is 9.55. The van der Waals surface area contributed by atoms with Crippen molar-refractivity contribution in [2.75, 3.05) is 6.54 Å². The molecule has 6 nitrogen and oxygen atoms in total. The highest BCUT2D eigenvalue weighted by atomic mass is 32.2. The standard InChI is InChI=1S/C17H22F3NO5S/c1-15(2,3)25-14(22)21-9-11-6-7-12(8-13(11)16(4,5)10-21)26-27(23,24)17(18,19)20/h6-8H,9-10H2,1-5H3. The predicted molar refractivity (Wildman–Crippen MR) is 91.7 cm³/mol. The van der Waals surface area contributed by atoms with Crippen molar-refractivity contribution in [2.24, 2.45) is 0 Å². The van der Waals surface area contributed by atoms with E-state index in [1.54, 1.807) is 34.6 Å². The minimum Gasteiger partial charge on any atom is -0.444 e. The Balaban J connectivity index is 2.31. The van der Waals surface area contributed by atoms with E-state index in [1.807, 2.05) is 0 Å². The molecule has 0 saturated carbocycles. The summed E-state index contributed by atoms with van der Waals surface area (Å²) >= 11 is 0. The van der Waals surface area contributed by atoms with Gasteiger partial charge in [0.25, 0.3) is 0 Å². The third-order valence-electron chi connectivity index (χ3n) is 3.90. The summed E-state index contributed by atoms with van der Waals surface area (Å²) in [5.74, 6) is -0.426. The van der Waals surface area contributed by atoms with Crippen molar-refractivity contribution in [3.8, 4) is 5.75 Å². The van der Waals surface area contributed by atoms with Crippen LogP contribution in [0.5, 0.6) is 5.75 Å². The fourth-order valence-corrected chi connectivity index (χ4v) is 3.28. The third kappa shape index (κ3) is 4.85. The zero-order valence-corrected chi connectivity index (χ0v) is 16.5. The number of hydrogen-bond acceptors (Lipinski definition) is 5. The van der Waals surface area contributed by atoms with E-state index in [2.05, 4.69) is 4.18 Å². The van der Waals surface area contributed by atoms with Crippen LogP contribution in [0.3, 0.4) is 0 Å². The Morgan fingerprint density at radius 1 is 1.19 bits per heavy atom. The number of benzene rings is 1. The monoisotopic (exact) mass is 409 g/mol. The van der Waals surface area contributed by atoms with Crippen LogP contribution in [0.25, 0.3) is 0 Å². The van der Waals surface area contributed by atoms with Crippen molar-refractivity contribution in [3.05, 3.63) is 29.3 Å². The minimum atomic E-state index is -5.74. The van der Waals surface area contributed by atoms with Crippen molar-refractivity contribution in [1.82, 2.24) is 4.90 Å². The number of alkyl halides is 3. The van der Waals surface area contributed by atoms with Gasteiger partial charge in [0.15, 0.2) is 0 Å². The van der Waals surface area contributed by atoms with Crippen LogP contribution in [0, 0.1) is 0 Å². The molecule has 0 spiro atoms. The van der Waals surface area contributed by atoms with Crippen LogP contribution in [0.2, 0.25) is 0 Å². The maximum Gasteiger partial charge on any atom is 0.534 e. The van der Waals surface area contributed by atoms with E-state index in [0.29, 0.717) is 11.1 Å². The number of carbonyl (C=O) groups excluding carboxylic acids is 1. The van der Waals surface area contributed by atoms with E-state index in [1.165, 1.54) is 17.0 Å². The second kappa shape index (κ2) is 6.57. The highest BCUT2D eigenvalue weighted by Gasteiger charge is 2.48. The molecule has 1 aromatic rings. The Morgan fingerprint density at radius 2 is 1.78 bits per heavy atom. The average molecular weight is 409 g/mol. The first-order chi connectivity index (χ1) is 12.0. The first-order valence-electron chi connectivity index (χ1n) is 8.14. The van der Waals surface area contributed by atoms with Crippen molar-refractivity contribution >= 4 is 16.2 Å². The van der Waals surface area contributed by atoms with Crippen molar-refractivity contribution in [1.29, 1.82) is 0 Å². The highest BCUT2D eigenvalue weighted by molar-refractivity contribution is 7.88. The summed E-state index contributed by atoms with van der Waals surface area (Å²) in [5.41, 5.74) is -5.53. The largest absolute Gasteiger partial charge is 0.534 e. The molecule has 0 bridgehead atoms. The Kier molecular flexibility index (Phi) is 5.19. The van der Waals surface area contributed by atoms with Gasteiger partial charge in [-0.15, -0.1) is 0 Å². The van der Waals surface area contributed by atoms with Crippen LogP contribution in [-0.4, -0.2) is 37.1 Å². The van der Waals surface area contributed by atoms with Crippen molar-refractivity contribution in [3.63, 3.8) is 0 Å². The van der Waals surface area contributed by atoms with Gasteiger partial charge in [-0.05, 0) is 44.0 Å². The molecule has 0 radical (unpaired) electrons. The molecular weight excluding hydrogens is 387 g/mol. The highest BCUT2D eigenvalue weighted by Crippen LogP contribution is 2.37. The molecule has 152 valence electrons. The smallest absolute Gasteiger partial charge is 0.444 e. The van der Waals surface area contributed by atoms with Gasteiger partial charge in [0.05, 0.1) is 0 Å². The number of fused-ring (bicyclic) bond motifs is 1. The Labute approximate surface area is 156 Å². The number of ether oxygens (including phenoxy) is 1. The molecule has 1 aliphatic heterocycles. The molecule has 1 aromatic carbocycles. The zero-order chi connectivity index (χ0) is 20.8. The summed E-state index contributed by atoms with van der Waals surface area (Å²) in [7, 11) is -5.74. The van der Waals surface area contributed by atoms with Crippen LogP contribution in [0.15, 0.2) is 18.2 Å². The maximum absolute atomic E-state index is 12.5. The molecule has 0 aliphatic carbocycles. The number of halogens is 3. The second-order valence-electron chi connectivity index (χ2n) is 8.02. The van der Waals surface area contributed by atoms with E-state index >= 15 is 0 Å². The van der Waals surface area contributed by atoms with Crippen LogP contribution >= 0.6 is 0 Å². The topological polar surface area (TPSA) is 72.9 Å². The fourth-order valence-electron chi connectivity index (χ4n) is 2.83. The molecule has 0 unspecified atom stereocenters. The van der Waals surface area contributed by atoms with Gasteiger partial charge in [0.1, 0.15) is 11.4 Å².